The maximum Gasteiger partial charge on any atom is 0.168 e. The van der Waals surface area contributed by atoms with E-state index in [4.69, 9.17) is 11.6 Å². The summed E-state index contributed by atoms with van der Waals surface area (Å²) in [7, 11) is 0. The van der Waals surface area contributed by atoms with Gasteiger partial charge in [-0.05, 0) is 40.7 Å². The first-order chi connectivity index (χ1) is 9.78. The zero-order valence-corrected chi connectivity index (χ0v) is 13.0. The molecule has 20 heavy (non-hydrogen) atoms. The summed E-state index contributed by atoms with van der Waals surface area (Å²) >= 11 is 9.75. The van der Waals surface area contributed by atoms with Gasteiger partial charge in [0.2, 0.25) is 0 Å². The predicted octanol–water partition coefficient (Wildman–Crippen LogP) is 4.83. The molecule has 0 bridgehead atoms. The van der Waals surface area contributed by atoms with Crippen LogP contribution in [0.25, 0.3) is 15.8 Å². The number of fused-ring (bicyclic) bond motifs is 2. The van der Waals surface area contributed by atoms with E-state index in [1.165, 1.54) is 26.3 Å². The molecule has 1 aromatic carbocycles. The molecular weight excluding hydrogens is 308 g/mol. The van der Waals surface area contributed by atoms with Crippen LogP contribution in [-0.2, 0) is 0 Å². The molecule has 3 heterocycles. The zero-order chi connectivity index (χ0) is 13.7. The standard InChI is InChI=1S/C15H11ClN2S2/c1-2-12-13(18-5-4-17-15(18)20-12)11-8-10(16)7-9-3-6-19-14(9)11/h2-3,6-8H,1,4-5H2. The minimum atomic E-state index is 0.774. The molecule has 0 aliphatic carbocycles. The first-order valence-electron chi connectivity index (χ1n) is 6.31. The average Bonchev–Trinajstić information content (AvgIpc) is 3.11. The predicted molar refractivity (Wildman–Crippen MR) is 90.6 cm³/mol. The maximum atomic E-state index is 6.29. The highest BCUT2D eigenvalue weighted by Gasteiger charge is 2.32. The second kappa shape index (κ2) is 4.65. The van der Waals surface area contributed by atoms with Gasteiger partial charge in [-0.2, -0.15) is 0 Å². The van der Waals surface area contributed by atoms with E-state index in [2.05, 4.69) is 34.0 Å². The number of rotatable bonds is 2. The lowest BCUT2D eigenvalue weighted by molar-refractivity contribution is 0.649. The van der Waals surface area contributed by atoms with Crippen molar-refractivity contribution >= 4 is 55.7 Å². The summed E-state index contributed by atoms with van der Waals surface area (Å²) in [5.74, 6) is 0. The van der Waals surface area contributed by atoms with Crippen LogP contribution in [0.5, 0.6) is 0 Å². The summed E-state index contributed by atoms with van der Waals surface area (Å²) < 4.78 is 1.28. The molecule has 0 atom stereocenters. The first kappa shape index (κ1) is 12.5. The van der Waals surface area contributed by atoms with Gasteiger partial charge >= 0.3 is 0 Å². The van der Waals surface area contributed by atoms with Crippen LogP contribution >= 0.6 is 34.7 Å². The molecule has 0 spiro atoms. The van der Waals surface area contributed by atoms with Crippen LogP contribution in [0.4, 0.5) is 0 Å². The average molecular weight is 319 g/mol. The van der Waals surface area contributed by atoms with Crippen LogP contribution in [0.2, 0.25) is 5.02 Å². The molecule has 5 heteroatoms. The van der Waals surface area contributed by atoms with Crippen molar-refractivity contribution in [2.75, 3.05) is 13.1 Å². The second-order valence-corrected chi connectivity index (χ2v) is 6.99. The number of allylic oxidation sites excluding steroid dienone is 1. The molecule has 2 aliphatic heterocycles. The third-order valence-corrected chi connectivity index (χ3v) is 5.76. The lowest BCUT2D eigenvalue weighted by Crippen LogP contribution is -2.20. The van der Waals surface area contributed by atoms with Crippen molar-refractivity contribution in [3.63, 3.8) is 0 Å². The van der Waals surface area contributed by atoms with Gasteiger partial charge in [0.1, 0.15) is 0 Å². The van der Waals surface area contributed by atoms with Gasteiger partial charge in [0, 0.05) is 26.7 Å². The van der Waals surface area contributed by atoms with Crippen LogP contribution < -0.4 is 0 Å². The number of hydrogen-bond acceptors (Lipinski definition) is 4. The Morgan fingerprint density at radius 2 is 2.30 bits per heavy atom. The number of amidine groups is 1. The smallest absolute Gasteiger partial charge is 0.168 e. The Morgan fingerprint density at radius 3 is 3.15 bits per heavy atom. The highest BCUT2D eigenvalue weighted by Crippen LogP contribution is 2.45. The first-order valence-corrected chi connectivity index (χ1v) is 8.39. The van der Waals surface area contributed by atoms with Crippen molar-refractivity contribution < 1.29 is 0 Å². The van der Waals surface area contributed by atoms with E-state index in [1.807, 2.05) is 12.1 Å². The lowest BCUT2D eigenvalue weighted by atomic mass is 10.1. The van der Waals surface area contributed by atoms with E-state index in [1.54, 1.807) is 23.1 Å². The highest BCUT2D eigenvalue weighted by atomic mass is 35.5. The van der Waals surface area contributed by atoms with E-state index in [-0.39, 0.29) is 0 Å². The summed E-state index contributed by atoms with van der Waals surface area (Å²) in [5, 5.41) is 5.17. The van der Waals surface area contributed by atoms with Gasteiger partial charge in [0.05, 0.1) is 12.2 Å². The third-order valence-electron chi connectivity index (χ3n) is 3.46. The van der Waals surface area contributed by atoms with E-state index < -0.39 is 0 Å². The van der Waals surface area contributed by atoms with Crippen molar-refractivity contribution in [1.29, 1.82) is 0 Å². The Morgan fingerprint density at radius 1 is 1.40 bits per heavy atom. The SMILES string of the molecule is C=CC1=C(c2cc(Cl)cc3ccsc23)N2CCN=C2S1. The van der Waals surface area contributed by atoms with E-state index in [0.29, 0.717) is 0 Å². The monoisotopic (exact) mass is 318 g/mol. The minimum absolute atomic E-state index is 0.774. The topological polar surface area (TPSA) is 15.6 Å². The van der Waals surface area contributed by atoms with Gasteiger partial charge in [-0.3, -0.25) is 4.99 Å². The molecule has 0 fully saturated rings. The van der Waals surface area contributed by atoms with Gasteiger partial charge < -0.3 is 4.90 Å². The van der Waals surface area contributed by atoms with Crippen LogP contribution in [0, 0.1) is 0 Å². The Bertz CT molecular complexity index is 788. The summed E-state index contributed by atoms with van der Waals surface area (Å²) in [6, 6.07) is 6.19. The molecular formula is C15H11ClN2S2. The van der Waals surface area contributed by atoms with Gasteiger partial charge in [-0.1, -0.05) is 24.3 Å². The molecule has 2 aromatic rings. The Kier molecular flexibility index (Phi) is 2.91. The number of thiophene rings is 1. The van der Waals surface area contributed by atoms with Gasteiger partial charge in [-0.25, -0.2) is 0 Å². The Labute approximate surface area is 130 Å². The van der Waals surface area contributed by atoms with Crippen LogP contribution in [-0.4, -0.2) is 23.2 Å². The van der Waals surface area contributed by atoms with E-state index in [0.717, 1.165) is 23.3 Å². The number of aliphatic imine (C=N–C) groups is 1. The van der Waals surface area contributed by atoms with Gasteiger partial charge in [0.25, 0.3) is 0 Å². The molecule has 0 radical (unpaired) electrons. The molecule has 100 valence electrons. The van der Waals surface area contributed by atoms with Crippen molar-refractivity contribution in [2.45, 2.75) is 0 Å². The number of nitrogens with zero attached hydrogens (tertiary/aromatic N) is 2. The Balaban J connectivity index is 2.00. The summed E-state index contributed by atoms with van der Waals surface area (Å²) in [6.07, 6.45) is 1.92. The number of thioether (sulfide) groups is 1. The molecule has 2 aliphatic rings. The maximum absolute atomic E-state index is 6.29. The van der Waals surface area contributed by atoms with Crippen molar-refractivity contribution in [3.05, 3.63) is 51.7 Å². The molecule has 0 N–H and O–H groups in total. The number of benzene rings is 1. The van der Waals surface area contributed by atoms with E-state index in [9.17, 15) is 0 Å². The fraction of sp³-hybridized carbons (Fsp3) is 0.133. The molecule has 0 amide bonds. The van der Waals surface area contributed by atoms with Gasteiger partial charge in [0.15, 0.2) is 5.17 Å². The third kappa shape index (κ3) is 1.75. The van der Waals surface area contributed by atoms with Gasteiger partial charge in [-0.15, -0.1) is 11.3 Å². The fourth-order valence-electron chi connectivity index (χ4n) is 2.64. The fourth-order valence-corrected chi connectivity index (χ4v) is 4.81. The summed E-state index contributed by atoms with van der Waals surface area (Å²) in [6.45, 7) is 5.75. The number of halogens is 1. The van der Waals surface area contributed by atoms with Crippen LogP contribution in [0.1, 0.15) is 5.56 Å². The largest absolute Gasteiger partial charge is 0.317 e. The van der Waals surface area contributed by atoms with Crippen molar-refractivity contribution in [3.8, 4) is 0 Å². The highest BCUT2D eigenvalue weighted by molar-refractivity contribution is 8.17. The quantitative estimate of drug-likeness (QED) is 0.788. The normalized spacial score (nSPS) is 17.9. The zero-order valence-electron chi connectivity index (χ0n) is 10.6. The lowest BCUT2D eigenvalue weighted by Gasteiger charge is -2.18. The molecule has 2 nitrogen and oxygen atoms in total. The van der Waals surface area contributed by atoms with Crippen molar-refractivity contribution in [1.82, 2.24) is 4.90 Å². The second-order valence-electron chi connectivity index (χ2n) is 4.63. The summed E-state index contributed by atoms with van der Waals surface area (Å²) in [4.78, 5) is 8.00. The Hall–Kier alpha value is -1.23. The molecule has 1 aromatic heterocycles. The molecule has 0 saturated carbocycles. The number of hydrogen-bond donors (Lipinski definition) is 0. The summed E-state index contributed by atoms with van der Waals surface area (Å²) in [5.41, 5.74) is 2.40. The minimum Gasteiger partial charge on any atom is -0.317 e. The van der Waals surface area contributed by atoms with Crippen LogP contribution in [0.3, 0.4) is 0 Å². The molecule has 0 unspecified atom stereocenters. The molecule has 0 saturated heterocycles. The molecule has 4 rings (SSSR count). The van der Waals surface area contributed by atoms with E-state index >= 15 is 0 Å². The van der Waals surface area contributed by atoms with Crippen molar-refractivity contribution in [2.24, 2.45) is 4.99 Å². The van der Waals surface area contributed by atoms with Crippen LogP contribution in [0.15, 0.2) is 46.1 Å².